The normalized spacial score (nSPS) is 11.6. The molecule has 0 saturated carbocycles. The average molecular weight is 736 g/mol. The summed E-state index contributed by atoms with van der Waals surface area (Å²) >= 11 is 1.79. The summed E-state index contributed by atoms with van der Waals surface area (Å²) in [6.45, 7) is 0. The number of para-hydroxylation sites is 1. The maximum atomic E-state index is 6.39. The number of thiophene rings is 1. The van der Waals surface area contributed by atoms with Gasteiger partial charge in [0.25, 0.3) is 0 Å². The first-order valence-corrected chi connectivity index (χ1v) is 19.2. The predicted molar refractivity (Wildman–Crippen MR) is 228 cm³/mol. The molecule has 262 valence electrons. The van der Waals surface area contributed by atoms with Crippen LogP contribution in [0.2, 0.25) is 0 Å². The monoisotopic (exact) mass is 735 g/mol. The minimum Gasteiger partial charge on any atom is -0.452 e. The summed E-state index contributed by atoms with van der Waals surface area (Å²) in [5.41, 5.74) is 10.1. The lowest BCUT2D eigenvalue weighted by Gasteiger charge is -2.09. The molecule has 0 amide bonds. The quantitative estimate of drug-likeness (QED) is 0.169. The Balaban J connectivity index is 1.03. The van der Waals surface area contributed by atoms with E-state index in [1.807, 2.05) is 97.1 Å². The van der Waals surface area contributed by atoms with E-state index in [1.54, 1.807) is 11.3 Å². The van der Waals surface area contributed by atoms with Crippen molar-refractivity contribution in [3.05, 3.63) is 176 Å². The summed E-state index contributed by atoms with van der Waals surface area (Å²) in [6.07, 6.45) is 0. The van der Waals surface area contributed by atoms with Crippen molar-refractivity contribution in [2.45, 2.75) is 0 Å². The van der Waals surface area contributed by atoms with E-state index in [2.05, 4.69) is 78.9 Å². The van der Waals surface area contributed by atoms with Crippen molar-refractivity contribution in [1.29, 1.82) is 0 Å². The smallest absolute Gasteiger partial charge is 0.180 e. The van der Waals surface area contributed by atoms with E-state index < -0.39 is 0 Å². The third kappa shape index (κ3) is 5.44. The number of hydrogen-bond acceptors (Lipinski definition) is 7. The Morgan fingerprint density at radius 2 is 0.911 bits per heavy atom. The fourth-order valence-corrected chi connectivity index (χ4v) is 8.77. The van der Waals surface area contributed by atoms with Crippen molar-refractivity contribution in [3.8, 4) is 67.9 Å². The molecule has 0 fully saturated rings. The van der Waals surface area contributed by atoms with Gasteiger partial charge >= 0.3 is 0 Å². The third-order valence-corrected chi connectivity index (χ3v) is 11.4. The van der Waals surface area contributed by atoms with Crippen LogP contribution >= 0.6 is 11.3 Å². The molecule has 7 heteroatoms. The van der Waals surface area contributed by atoms with Crippen LogP contribution in [0.1, 0.15) is 0 Å². The van der Waals surface area contributed by atoms with Gasteiger partial charge in [-0.25, -0.2) is 24.9 Å². The molecule has 11 aromatic rings. The molecule has 7 aromatic carbocycles. The molecule has 0 bridgehead atoms. The number of rotatable bonds is 6. The Bertz CT molecular complexity index is 3180. The van der Waals surface area contributed by atoms with Crippen LogP contribution in [0.25, 0.3) is 110 Å². The van der Waals surface area contributed by atoms with Gasteiger partial charge < -0.3 is 4.42 Å². The highest BCUT2D eigenvalue weighted by molar-refractivity contribution is 7.26. The van der Waals surface area contributed by atoms with E-state index in [1.165, 1.54) is 14.8 Å². The lowest BCUT2D eigenvalue weighted by molar-refractivity contribution is 0.667. The van der Waals surface area contributed by atoms with Crippen molar-refractivity contribution < 1.29 is 4.42 Å². The first kappa shape index (κ1) is 32.1. The summed E-state index contributed by atoms with van der Waals surface area (Å²) in [7, 11) is 0. The van der Waals surface area contributed by atoms with Gasteiger partial charge in [0.1, 0.15) is 16.8 Å². The Morgan fingerprint density at radius 3 is 1.59 bits per heavy atom. The fourth-order valence-electron chi connectivity index (χ4n) is 7.50. The number of benzene rings is 7. The number of fused-ring (bicyclic) bond motifs is 6. The number of furan rings is 1. The zero-order valence-corrected chi connectivity index (χ0v) is 30.6. The molecule has 6 nitrogen and oxygen atoms in total. The van der Waals surface area contributed by atoms with Gasteiger partial charge in [-0.1, -0.05) is 158 Å². The SMILES string of the molecule is c1ccc(-c2nc(-c3ccccc3)nc(-c3ccc(-c4cccc5c4sc4cccc(-c6nc(-c7ccccc7)c7oc8ccccc8c7n6)c45)cc3)n2)cc1. The number of nitrogens with zero attached hydrogens (tertiary/aromatic N) is 5. The summed E-state index contributed by atoms with van der Waals surface area (Å²) in [6, 6.07) is 59.9. The molecule has 4 aromatic heterocycles. The van der Waals surface area contributed by atoms with Gasteiger partial charge in [-0.2, -0.15) is 0 Å². The maximum Gasteiger partial charge on any atom is 0.180 e. The van der Waals surface area contributed by atoms with Crippen LogP contribution in [-0.2, 0) is 0 Å². The minimum absolute atomic E-state index is 0.631. The maximum absolute atomic E-state index is 6.39. The molecular weight excluding hydrogens is 707 g/mol. The first-order valence-electron chi connectivity index (χ1n) is 18.4. The van der Waals surface area contributed by atoms with Crippen LogP contribution in [0, 0.1) is 0 Å². The van der Waals surface area contributed by atoms with Gasteiger partial charge in [-0.3, -0.25) is 0 Å². The summed E-state index contributed by atoms with van der Waals surface area (Å²) < 4.78 is 8.77. The highest BCUT2D eigenvalue weighted by Crippen LogP contribution is 2.44. The van der Waals surface area contributed by atoms with E-state index >= 15 is 0 Å². The third-order valence-electron chi connectivity index (χ3n) is 10.2. The van der Waals surface area contributed by atoms with Crippen LogP contribution in [0.4, 0.5) is 0 Å². The summed E-state index contributed by atoms with van der Waals surface area (Å²) in [4.78, 5) is 25.2. The van der Waals surface area contributed by atoms with Gasteiger partial charge in [0.05, 0.1) is 0 Å². The van der Waals surface area contributed by atoms with Crippen LogP contribution in [-0.4, -0.2) is 24.9 Å². The molecule has 4 heterocycles. The molecule has 0 aliphatic heterocycles. The second kappa shape index (κ2) is 13.2. The Hall–Kier alpha value is -7.35. The predicted octanol–water partition coefficient (Wildman–Crippen LogP) is 12.9. The van der Waals surface area contributed by atoms with Crippen molar-refractivity contribution in [1.82, 2.24) is 24.9 Å². The van der Waals surface area contributed by atoms with E-state index in [9.17, 15) is 0 Å². The van der Waals surface area contributed by atoms with Gasteiger partial charge in [0, 0.05) is 53.4 Å². The van der Waals surface area contributed by atoms with Gasteiger partial charge in [-0.05, 0) is 29.3 Å². The second-order valence-corrected chi connectivity index (χ2v) is 14.7. The standard InChI is InChI=1S/C49H29N5OS/c1-4-14-31(15-5-1)42-44-43(36-20-10-11-24-39(36)55-44)51-49(50-42)38-23-13-25-40-41(38)37-22-12-21-35(45(37)56-40)30-26-28-34(29-27-30)48-53-46(32-16-6-2-7-17-32)52-47(54-48)33-18-8-3-9-19-33/h1-29H. The number of hydrogen-bond donors (Lipinski definition) is 0. The van der Waals surface area contributed by atoms with Crippen LogP contribution < -0.4 is 0 Å². The zero-order chi connectivity index (χ0) is 37.0. The van der Waals surface area contributed by atoms with E-state index in [4.69, 9.17) is 29.3 Å². The van der Waals surface area contributed by atoms with Gasteiger partial charge in [0.15, 0.2) is 28.9 Å². The molecule has 56 heavy (non-hydrogen) atoms. The molecular formula is C49H29N5OS. The van der Waals surface area contributed by atoms with Crippen molar-refractivity contribution >= 4 is 53.6 Å². The number of aromatic nitrogens is 5. The zero-order valence-electron chi connectivity index (χ0n) is 29.8. The van der Waals surface area contributed by atoms with Crippen LogP contribution in [0.15, 0.2) is 180 Å². The fraction of sp³-hybridized carbons (Fsp3) is 0. The van der Waals surface area contributed by atoms with Gasteiger partial charge in [-0.15, -0.1) is 11.3 Å². The molecule has 0 atom stereocenters. The summed E-state index contributed by atoms with van der Waals surface area (Å²) in [5, 5.41) is 3.28. The lowest BCUT2D eigenvalue weighted by Crippen LogP contribution is -2.00. The second-order valence-electron chi connectivity index (χ2n) is 13.6. The molecule has 0 radical (unpaired) electrons. The van der Waals surface area contributed by atoms with Gasteiger partial charge in [0.2, 0.25) is 0 Å². The topological polar surface area (TPSA) is 77.6 Å². The molecule has 0 spiro atoms. The molecule has 0 N–H and O–H groups in total. The van der Waals surface area contributed by atoms with Crippen molar-refractivity contribution in [2.75, 3.05) is 0 Å². The largest absolute Gasteiger partial charge is 0.452 e. The summed E-state index contributed by atoms with van der Waals surface area (Å²) in [5.74, 6) is 2.59. The highest BCUT2D eigenvalue weighted by Gasteiger charge is 2.21. The van der Waals surface area contributed by atoms with Crippen LogP contribution in [0.3, 0.4) is 0 Å². The van der Waals surface area contributed by atoms with E-state index in [0.29, 0.717) is 28.9 Å². The molecule has 0 saturated heterocycles. The molecule has 0 aliphatic carbocycles. The van der Waals surface area contributed by atoms with Crippen LogP contribution in [0.5, 0.6) is 0 Å². The van der Waals surface area contributed by atoms with E-state index in [-0.39, 0.29) is 0 Å². The Kier molecular flexibility index (Phi) is 7.57. The molecule has 0 unspecified atom stereocenters. The van der Waals surface area contributed by atoms with Crippen molar-refractivity contribution in [2.24, 2.45) is 0 Å². The molecule has 11 rings (SSSR count). The average Bonchev–Trinajstić information content (AvgIpc) is 3.86. The molecule has 0 aliphatic rings. The highest BCUT2D eigenvalue weighted by atomic mass is 32.1. The first-order chi connectivity index (χ1) is 27.7. The van der Waals surface area contributed by atoms with Crippen molar-refractivity contribution in [3.63, 3.8) is 0 Å². The Morgan fingerprint density at radius 1 is 0.375 bits per heavy atom. The van der Waals surface area contributed by atoms with E-state index in [0.717, 1.165) is 66.5 Å². The lowest BCUT2D eigenvalue weighted by atomic mass is 9.99. The minimum atomic E-state index is 0.631. The Labute approximate surface area is 325 Å².